The molecule has 0 bridgehead atoms. The van der Waals surface area contributed by atoms with Gasteiger partial charge in [0.2, 0.25) is 0 Å². The number of anilines is 3. The van der Waals surface area contributed by atoms with Crippen molar-refractivity contribution in [2.45, 2.75) is 45.8 Å². The predicted octanol–water partition coefficient (Wildman–Crippen LogP) is 13.6. The van der Waals surface area contributed by atoms with Gasteiger partial charge in [0.15, 0.2) is 17.5 Å². The van der Waals surface area contributed by atoms with Gasteiger partial charge >= 0.3 is 0 Å². The topological polar surface area (TPSA) is 162 Å². The molecule has 2 fully saturated rings. The van der Waals surface area contributed by atoms with Gasteiger partial charge in [-0.25, -0.2) is 18.7 Å². The van der Waals surface area contributed by atoms with E-state index in [9.17, 15) is 9.50 Å². The van der Waals surface area contributed by atoms with Crippen LogP contribution in [0.15, 0.2) is 189 Å². The molecule has 96 heavy (non-hydrogen) atoms. The Balaban J connectivity index is 0.000000118. The lowest BCUT2D eigenvalue weighted by Crippen LogP contribution is -2.30. The Bertz CT molecular complexity index is 4930. The first-order valence-electron chi connectivity index (χ1n) is 32.8. The van der Waals surface area contributed by atoms with Crippen LogP contribution < -0.4 is 14.7 Å². The van der Waals surface area contributed by atoms with E-state index in [2.05, 4.69) is 176 Å². The van der Waals surface area contributed by atoms with Gasteiger partial charge in [-0.15, -0.1) is 10.2 Å². The lowest BCUT2D eigenvalue weighted by molar-refractivity contribution is 0.212. The van der Waals surface area contributed by atoms with Crippen LogP contribution in [0.5, 0.6) is 0 Å². The van der Waals surface area contributed by atoms with Crippen molar-refractivity contribution in [3.8, 4) is 97.1 Å². The fraction of sp³-hybridized carbons (Fsp3) is 0.247. The highest BCUT2D eigenvalue weighted by Crippen LogP contribution is 2.41. The molecule has 5 aliphatic heterocycles. The fourth-order valence-electron chi connectivity index (χ4n) is 14.2. The molecule has 0 amide bonds. The van der Waals surface area contributed by atoms with Crippen molar-refractivity contribution in [1.29, 1.82) is 10.5 Å². The zero-order valence-electron chi connectivity index (χ0n) is 54.1. The summed E-state index contributed by atoms with van der Waals surface area (Å²) < 4.78 is 41.4. The number of benzene rings is 6. The highest BCUT2D eigenvalue weighted by molar-refractivity contribution is 5.76. The molecule has 0 aliphatic carbocycles. The predicted molar refractivity (Wildman–Crippen MR) is 372 cm³/mol. The quantitative estimate of drug-likeness (QED) is 0.139. The van der Waals surface area contributed by atoms with Gasteiger partial charge in [-0.1, -0.05) is 43.3 Å². The molecule has 0 spiro atoms. The van der Waals surface area contributed by atoms with E-state index in [1.54, 1.807) is 12.4 Å². The Kier molecular flexibility index (Phi) is 16.3. The van der Waals surface area contributed by atoms with Gasteiger partial charge in [0.25, 0.3) is 0 Å². The molecular weight excluding hydrogens is 1200 g/mol. The second-order valence-corrected chi connectivity index (χ2v) is 26.0. The Hall–Kier alpha value is -11.1. The third-order valence-corrected chi connectivity index (χ3v) is 19.5. The minimum Gasteiger partial charge on any atom is -0.396 e. The monoisotopic (exact) mass is 1270 g/mol. The van der Waals surface area contributed by atoms with Gasteiger partial charge in [-0.2, -0.15) is 10.5 Å². The first-order valence-corrected chi connectivity index (χ1v) is 32.8. The molecule has 2 saturated heterocycles. The molecule has 17 rings (SSSR count). The van der Waals surface area contributed by atoms with E-state index >= 15 is 4.39 Å². The van der Waals surface area contributed by atoms with Crippen LogP contribution in [0.3, 0.4) is 0 Å². The number of likely N-dealkylation sites (N-methyl/N-ethyl adjacent to an activating group) is 2. The summed E-state index contributed by atoms with van der Waals surface area (Å²) in [5, 5.41) is 36.3. The van der Waals surface area contributed by atoms with Crippen molar-refractivity contribution in [3.05, 3.63) is 229 Å². The molecule has 0 saturated carbocycles. The third-order valence-electron chi connectivity index (χ3n) is 19.5. The minimum absolute atomic E-state index is 0.199. The smallest absolute Gasteiger partial charge is 0.185 e. The zero-order valence-corrected chi connectivity index (χ0v) is 54.1. The Morgan fingerprint density at radius 3 is 1.60 bits per heavy atom. The van der Waals surface area contributed by atoms with Crippen molar-refractivity contribution < 1.29 is 13.9 Å². The Labute approximate surface area is 556 Å². The third kappa shape index (κ3) is 11.7. The van der Waals surface area contributed by atoms with E-state index < -0.39 is 0 Å². The molecule has 5 aliphatic rings. The Morgan fingerprint density at radius 2 is 1.06 bits per heavy atom. The van der Waals surface area contributed by atoms with E-state index in [1.807, 2.05) is 96.1 Å². The van der Waals surface area contributed by atoms with Crippen molar-refractivity contribution in [1.82, 2.24) is 52.5 Å². The normalized spacial score (nSPS) is 15.4. The van der Waals surface area contributed by atoms with Crippen LogP contribution in [0.1, 0.15) is 54.0 Å². The average Bonchev–Trinajstić information content (AvgIpc) is 1.61. The molecule has 11 heterocycles. The molecule has 0 radical (unpaired) electrons. The van der Waals surface area contributed by atoms with Crippen LogP contribution in [0.2, 0.25) is 0 Å². The number of nitriles is 2. The summed E-state index contributed by atoms with van der Waals surface area (Å²) in [5.74, 6) is 2.91. The number of fused-ring (bicyclic) bond motifs is 15. The highest BCUT2D eigenvalue weighted by atomic mass is 19.1. The van der Waals surface area contributed by atoms with Gasteiger partial charge in [0, 0.05) is 156 Å². The number of imidazole rings is 2. The SMILES string of the molecule is CN(C)CCN(C)c1ccc2c(c1)Cn1cc(-c3ccc(C#N)cc3)cc1-c1nccn1-2.C[C@@H]1CN(c2ccc3c(c2)Cn2cc(-c4ccc(F)cc4)cc2-c2nccn2-3)C[C@H]1CO.N#Cc1ccc(-c2cc3n(c2)Cc2cc(N4CCCCC4)c(F)cc2-n2cnnc2-3)cc1. The van der Waals surface area contributed by atoms with Crippen molar-refractivity contribution >= 4 is 17.1 Å². The number of aromatic nitrogens is 10. The lowest BCUT2D eigenvalue weighted by atomic mass is 10.00. The van der Waals surface area contributed by atoms with E-state index in [1.165, 1.54) is 46.7 Å². The first-order chi connectivity index (χ1) is 46.8. The number of aliphatic hydroxyl groups is 1. The van der Waals surface area contributed by atoms with Crippen LogP contribution in [-0.2, 0) is 19.6 Å². The van der Waals surface area contributed by atoms with Gasteiger partial charge in [-0.3, -0.25) is 13.7 Å². The van der Waals surface area contributed by atoms with E-state index in [4.69, 9.17) is 10.5 Å². The van der Waals surface area contributed by atoms with E-state index in [0.717, 1.165) is 144 Å². The highest BCUT2D eigenvalue weighted by Gasteiger charge is 2.31. The number of halogens is 2. The van der Waals surface area contributed by atoms with Crippen molar-refractivity contribution in [2.75, 3.05) is 81.7 Å². The van der Waals surface area contributed by atoms with Crippen LogP contribution in [0.4, 0.5) is 25.8 Å². The van der Waals surface area contributed by atoms with Gasteiger partial charge < -0.3 is 38.4 Å². The lowest BCUT2D eigenvalue weighted by Gasteiger charge is -2.30. The second kappa shape index (κ2) is 25.6. The molecular formula is C77H72F2N16O. The number of piperidine rings is 1. The molecule has 480 valence electrons. The van der Waals surface area contributed by atoms with E-state index in [0.29, 0.717) is 41.0 Å². The van der Waals surface area contributed by atoms with Crippen LogP contribution in [0, 0.1) is 46.1 Å². The number of hydrogen-bond acceptors (Lipinski definition) is 11. The van der Waals surface area contributed by atoms with Gasteiger partial charge in [0.05, 0.1) is 63.1 Å². The molecule has 12 aromatic rings. The number of hydrogen-bond donors (Lipinski definition) is 1. The molecule has 6 aromatic carbocycles. The zero-order chi connectivity index (χ0) is 65.7. The van der Waals surface area contributed by atoms with E-state index in [-0.39, 0.29) is 18.2 Å². The van der Waals surface area contributed by atoms with Crippen LogP contribution in [-0.4, -0.2) is 125 Å². The maximum Gasteiger partial charge on any atom is 0.185 e. The molecule has 0 unspecified atom stereocenters. The summed E-state index contributed by atoms with van der Waals surface area (Å²) in [6.45, 7) is 10.2. The molecule has 1 N–H and O–H groups in total. The summed E-state index contributed by atoms with van der Waals surface area (Å²) >= 11 is 0. The maximum atomic E-state index is 15.2. The van der Waals surface area contributed by atoms with Crippen molar-refractivity contribution in [2.24, 2.45) is 11.8 Å². The summed E-state index contributed by atoms with van der Waals surface area (Å²) in [4.78, 5) is 18.4. The molecule has 2 atom stereocenters. The Morgan fingerprint density at radius 1 is 0.531 bits per heavy atom. The minimum atomic E-state index is -0.230. The molecule has 17 nitrogen and oxygen atoms in total. The maximum absolute atomic E-state index is 15.2. The largest absolute Gasteiger partial charge is 0.396 e. The number of aliphatic hydroxyl groups excluding tert-OH is 1. The van der Waals surface area contributed by atoms with Gasteiger partial charge in [-0.05, 0) is 170 Å². The van der Waals surface area contributed by atoms with Crippen LogP contribution >= 0.6 is 0 Å². The van der Waals surface area contributed by atoms with Gasteiger partial charge in [0.1, 0.15) is 18.0 Å². The second-order valence-electron chi connectivity index (χ2n) is 26.0. The molecule has 6 aromatic heterocycles. The number of rotatable bonds is 10. The van der Waals surface area contributed by atoms with Crippen LogP contribution in [0.25, 0.3) is 85.0 Å². The fourth-order valence-corrected chi connectivity index (χ4v) is 14.2. The summed E-state index contributed by atoms with van der Waals surface area (Å²) in [6, 6.07) is 49.6. The molecule has 19 heteroatoms. The average molecular weight is 1280 g/mol. The number of nitrogens with zero attached hydrogens (tertiary/aromatic N) is 16. The van der Waals surface area contributed by atoms with Crippen molar-refractivity contribution in [3.63, 3.8) is 0 Å². The summed E-state index contributed by atoms with van der Waals surface area (Å²) in [6.07, 6.45) is 19.2. The summed E-state index contributed by atoms with van der Waals surface area (Å²) in [5.41, 5.74) is 20.4. The first kappa shape index (κ1) is 61.1. The summed E-state index contributed by atoms with van der Waals surface area (Å²) in [7, 11) is 6.35. The standard InChI is InChI=1S/C26H25FN4O.C26H26N6.C25H21FN6/c1-17-12-29(15-21(17)16-32)23-6-7-24-20(10-23)14-30-13-19(18-2-4-22(27)5-3-18)11-25(30)26-28-8-9-31(24)26;1-29(2)12-13-30(3)23-8-9-24-22(14-23)18-31-17-21(20-6-4-19(16-27)5-7-20)15-25(31)26-28-10-11-32(24)26;26-21-12-22-20(11-23(21)30-8-2-1-3-9-30)15-31-14-19(18-6-4-17(13-27)5-7-18)10-24(31)25-29-28-16-32(22)25/h2-11,13,17,21,32H,12,14-16H2,1H3;4-11,14-15,17H,12-13,18H2,1-3H3;4-7,10-12,14,16H,1-3,8-9,15H2/t17-,21+;;/m1../s1.